The number of piperidine rings is 1. The molecule has 1 aliphatic carbocycles. The van der Waals surface area contributed by atoms with Gasteiger partial charge >= 0.3 is 0 Å². The number of sulfonamides is 1. The quantitative estimate of drug-likeness (QED) is 0.708. The second kappa shape index (κ2) is 7.91. The molecule has 30 heavy (non-hydrogen) atoms. The van der Waals surface area contributed by atoms with Crippen molar-refractivity contribution in [3.8, 4) is 5.75 Å². The second-order valence-corrected chi connectivity index (χ2v) is 10.1. The van der Waals surface area contributed by atoms with E-state index in [9.17, 15) is 17.2 Å². The number of rotatable bonds is 4. The van der Waals surface area contributed by atoms with E-state index in [1.165, 1.54) is 24.3 Å². The number of hydrogen-bond acceptors (Lipinski definition) is 4. The number of likely N-dealkylation sites (tertiary alicyclic amines) is 1. The van der Waals surface area contributed by atoms with E-state index in [1.54, 1.807) is 12.1 Å². The smallest absolute Gasteiger partial charge is 0.250 e. The number of ether oxygens (including phenoxy) is 1. The van der Waals surface area contributed by atoms with Crippen LogP contribution < -0.4 is 9.88 Å². The van der Waals surface area contributed by atoms with Gasteiger partial charge in [0, 0.05) is 41.5 Å². The van der Waals surface area contributed by atoms with Crippen LogP contribution in [0.15, 0.2) is 41.3 Å². The number of hydrogen-bond donors (Lipinski definition) is 1. The molecule has 10 heteroatoms. The van der Waals surface area contributed by atoms with E-state index < -0.39 is 22.0 Å². The van der Waals surface area contributed by atoms with Gasteiger partial charge in [0.15, 0.2) is 0 Å². The van der Waals surface area contributed by atoms with Crippen molar-refractivity contribution < 1.29 is 21.9 Å². The van der Waals surface area contributed by atoms with Crippen molar-refractivity contribution in [2.75, 3.05) is 13.1 Å². The highest BCUT2D eigenvalue weighted by Gasteiger charge is 2.43. The summed E-state index contributed by atoms with van der Waals surface area (Å²) in [6.07, 6.45) is -0.339. The molecule has 1 saturated heterocycles. The molecule has 0 saturated carbocycles. The number of nitrogens with zero attached hydrogens (tertiary/aromatic N) is 1. The molecular weight excluding hydrogens is 457 g/mol. The average molecular weight is 477 g/mol. The first kappa shape index (κ1) is 21.8. The molecule has 2 aliphatic rings. The minimum atomic E-state index is -3.82. The summed E-state index contributed by atoms with van der Waals surface area (Å²) >= 11 is 12.6. The van der Waals surface area contributed by atoms with Crippen LogP contribution in [0.5, 0.6) is 5.75 Å². The first-order valence-electron chi connectivity index (χ1n) is 9.43. The lowest BCUT2D eigenvalue weighted by Gasteiger charge is -2.38. The molecule has 1 aliphatic heterocycles. The van der Waals surface area contributed by atoms with Gasteiger partial charge in [0.25, 0.3) is 5.92 Å². The van der Waals surface area contributed by atoms with Crippen molar-refractivity contribution in [3.05, 3.63) is 57.6 Å². The van der Waals surface area contributed by atoms with E-state index >= 15 is 0 Å². The van der Waals surface area contributed by atoms with Crippen LogP contribution in [0.4, 0.5) is 8.78 Å². The molecule has 1 fully saturated rings. The first-order chi connectivity index (χ1) is 14.0. The van der Waals surface area contributed by atoms with Crippen LogP contribution in [0.25, 0.3) is 0 Å². The van der Waals surface area contributed by atoms with Crippen LogP contribution in [0.3, 0.4) is 0 Å². The van der Waals surface area contributed by atoms with Crippen LogP contribution in [0.1, 0.15) is 30.1 Å². The van der Waals surface area contributed by atoms with Gasteiger partial charge in [-0.2, -0.15) is 0 Å². The maximum Gasteiger partial charge on any atom is 0.250 e. The Labute approximate surface area is 183 Å². The van der Waals surface area contributed by atoms with Gasteiger partial charge in [0.05, 0.1) is 10.9 Å². The number of halogens is 4. The SMILES string of the molecule is NS(=O)(=O)c1ccc(O[C@H]2c3cc(Cl)cc(Cl)c3C[C@@H]2N2CCC(F)(F)CC2)cc1. The summed E-state index contributed by atoms with van der Waals surface area (Å²) in [6.45, 7) is 0.502. The third-order valence-corrected chi connectivity index (χ3v) is 7.16. The summed E-state index contributed by atoms with van der Waals surface area (Å²) in [5.74, 6) is -2.22. The number of primary sulfonamides is 1. The minimum Gasteiger partial charge on any atom is -0.484 e. The maximum atomic E-state index is 13.7. The summed E-state index contributed by atoms with van der Waals surface area (Å²) in [5, 5.41) is 6.12. The molecule has 0 bridgehead atoms. The Bertz CT molecular complexity index is 1050. The lowest BCUT2D eigenvalue weighted by molar-refractivity contribution is -0.0713. The Morgan fingerprint density at radius 2 is 1.73 bits per heavy atom. The number of fused-ring (bicyclic) bond motifs is 1. The van der Waals surface area contributed by atoms with Crippen LogP contribution in [-0.2, 0) is 16.4 Å². The second-order valence-electron chi connectivity index (χ2n) is 7.67. The summed E-state index contributed by atoms with van der Waals surface area (Å²) in [5.41, 5.74) is 1.69. The summed E-state index contributed by atoms with van der Waals surface area (Å²) < 4.78 is 56.5. The van der Waals surface area contributed by atoms with Crippen molar-refractivity contribution in [2.45, 2.75) is 42.2 Å². The molecule has 2 aromatic carbocycles. The minimum absolute atomic E-state index is 0.0254. The topological polar surface area (TPSA) is 72.6 Å². The molecule has 1 heterocycles. The lowest BCUT2D eigenvalue weighted by atomic mass is 10.0. The Hall–Kier alpha value is -1.45. The number of nitrogens with two attached hydrogens (primary N) is 1. The zero-order valence-electron chi connectivity index (χ0n) is 15.8. The van der Waals surface area contributed by atoms with Gasteiger partial charge in [-0.1, -0.05) is 23.2 Å². The van der Waals surface area contributed by atoms with Crippen LogP contribution in [0.2, 0.25) is 10.0 Å². The Morgan fingerprint density at radius 3 is 2.33 bits per heavy atom. The van der Waals surface area contributed by atoms with E-state index in [-0.39, 0.29) is 36.9 Å². The molecular formula is C20H20Cl2F2N2O3S. The van der Waals surface area contributed by atoms with E-state index in [0.29, 0.717) is 22.2 Å². The average Bonchev–Trinajstić information content (AvgIpc) is 3.00. The molecule has 2 atom stereocenters. The highest BCUT2D eigenvalue weighted by atomic mass is 35.5. The summed E-state index contributed by atoms with van der Waals surface area (Å²) in [4.78, 5) is 1.98. The predicted molar refractivity (Wildman–Crippen MR) is 111 cm³/mol. The number of alkyl halides is 2. The van der Waals surface area contributed by atoms with E-state index in [4.69, 9.17) is 33.1 Å². The molecule has 162 valence electrons. The first-order valence-corrected chi connectivity index (χ1v) is 11.7. The van der Waals surface area contributed by atoms with E-state index in [0.717, 1.165) is 11.1 Å². The fourth-order valence-electron chi connectivity index (χ4n) is 4.12. The monoisotopic (exact) mass is 476 g/mol. The summed E-state index contributed by atoms with van der Waals surface area (Å²) in [7, 11) is -3.82. The molecule has 0 aromatic heterocycles. The molecule has 5 nitrogen and oxygen atoms in total. The molecule has 0 spiro atoms. The largest absolute Gasteiger partial charge is 0.484 e. The van der Waals surface area contributed by atoms with Gasteiger partial charge in [0.1, 0.15) is 11.9 Å². The summed E-state index contributed by atoms with van der Waals surface area (Å²) in [6, 6.07) is 9.02. The molecule has 0 radical (unpaired) electrons. The zero-order valence-corrected chi connectivity index (χ0v) is 18.2. The van der Waals surface area contributed by atoms with Gasteiger partial charge in [0.2, 0.25) is 10.0 Å². The number of benzene rings is 2. The van der Waals surface area contributed by atoms with Crippen LogP contribution in [-0.4, -0.2) is 38.4 Å². The Balaban J connectivity index is 1.65. The van der Waals surface area contributed by atoms with Gasteiger partial charge in [-0.05, 0) is 48.4 Å². The van der Waals surface area contributed by atoms with Crippen molar-refractivity contribution in [3.63, 3.8) is 0 Å². The lowest BCUT2D eigenvalue weighted by Crippen LogP contribution is -2.47. The maximum absolute atomic E-state index is 13.7. The Morgan fingerprint density at radius 1 is 1.10 bits per heavy atom. The molecule has 2 N–H and O–H groups in total. The highest BCUT2D eigenvalue weighted by molar-refractivity contribution is 7.89. The predicted octanol–water partition coefficient (Wildman–Crippen LogP) is 4.42. The van der Waals surface area contributed by atoms with Crippen molar-refractivity contribution in [1.82, 2.24) is 4.90 Å². The van der Waals surface area contributed by atoms with Crippen molar-refractivity contribution >= 4 is 33.2 Å². The highest BCUT2D eigenvalue weighted by Crippen LogP contribution is 2.44. The third-order valence-electron chi connectivity index (χ3n) is 5.68. The molecule has 0 unspecified atom stereocenters. The fourth-order valence-corrected chi connectivity index (χ4v) is 5.22. The van der Waals surface area contributed by atoms with Gasteiger partial charge in [-0.15, -0.1) is 0 Å². The van der Waals surface area contributed by atoms with Gasteiger partial charge < -0.3 is 4.74 Å². The van der Waals surface area contributed by atoms with E-state index in [1.807, 2.05) is 4.90 Å². The van der Waals surface area contributed by atoms with Crippen LogP contribution in [0, 0.1) is 0 Å². The normalized spacial score (nSPS) is 23.9. The zero-order chi connectivity index (χ0) is 21.7. The van der Waals surface area contributed by atoms with E-state index in [2.05, 4.69) is 0 Å². The van der Waals surface area contributed by atoms with Crippen molar-refractivity contribution in [1.29, 1.82) is 0 Å². The van der Waals surface area contributed by atoms with Crippen molar-refractivity contribution in [2.24, 2.45) is 5.14 Å². The molecule has 4 rings (SSSR count). The van der Waals surface area contributed by atoms with Gasteiger partial charge in [-0.3, -0.25) is 4.90 Å². The fraction of sp³-hybridized carbons (Fsp3) is 0.400. The van der Waals surface area contributed by atoms with Gasteiger partial charge in [-0.25, -0.2) is 22.3 Å². The van der Waals surface area contributed by atoms with Crippen LogP contribution >= 0.6 is 23.2 Å². The third kappa shape index (κ3) is 4.43. The molecule has 0 amide bonds. The molecule has 2 aromatic rings. The standard InChI is InChI=1S/C20H20Cl2F2N2O3S/c21-12-9-16-15(17(22)10-12)11-18(26-7-5-20(23,24)6-8-26)19(16)29-13-1-3-14(4-2-13)30(25,27)28/h1-4,9-10,18-19H,5-8,11H2,(H2,25,27,28)/t18-,19-/m0/s1. The Kier molecular flexibility index (Phi) is 5.74.